The number of Topliss-reactive ketones (excluding diaryl/α,β-unsaturated/α-hetero) is 7. The van der Waals surface area contributed by atoms with Crippen molar-refractivity contribution in [2.24, 2.45) is 29.1 Å². The lowest BCUT2D eigenvalue weighted by atomic mass is 9.83. The molecule has 116 heavy (non-hydrogen) atoms. The molecule has 0 aromatic carbocycles. The summed E-state index contributed by atoms with van der Waals surface area (Å²) < 4.78 is 74.2. The van der Waals surface area contributed by atoms with Gasteiger partial charge in [-0.15, -0.1) is 0 Å². The number of aliphatic hydroxyl groups excluding tert-OH is 9. The summed E-state index contributed by atoms with van der Waals surface area (Å²) in [4.78, 5) is 119. The van der Waals surface area contributed by atoms with Gasteiger partial charge in [-0.25, -0.2) is 0 Å². The fourth-order valence-electron chi connectivity index (χ4n) is 15.2. The molecule has 4 saturated heterocycles. The topological polar surface area (TPSA) is 464 Å². The van der Waals surface area contributed by atoms with E-state index in [1.54, 1.807) is 25.7 Å². The van der Waals surface area contributed by atoms with Crippen LogP contribution in [0.5, 0.6) is 0 Å². The first-order valence-electron chi connectivity index (χ1n) is 43.5. The van der Waals surface area contributed by atoms with Crippen LogP contribution >= 0.6 is 7.82 Å². The van der Waals surface area contributed by atoms with Crippen LogP contribution in [0.3, 0.4) is 0 Å². The molecule has 16 unspecified atom stereocenters. The van der Waals surface area contributed by atoms with E-state index in [1.807, 2.05) is 6.92 Å². The number of unbranched alkanes of at least 4 members (excludes halogenated alkanes) is 16. The van der Waals surface area contributed by atoms with Crippen LogP contribution in [0, 0.1) is 29.1 Å². The van der Waals surface area contributed by atoms with Crippen LogP contribution in [0.1, 0.15) is 278 Å². The van der Waals surface area contributed by atoms with Crippen molar-refractivity contribution in [1.29, 1.82) is 0 Å². The van der Waals surface area contributed by atoms with Crippen molar-refractivity contribution in [2.75, 3.05) is 99.5 Å². The van der Waals surface area contributed by atoms with Gasteiger partial charge >= 0.3 is 0 Å². The highest BCUT2D eigenvalue weighted by molar-refractivity contribution is 7.45. The van der Waals surface area contributed by atoms with Crippen molar-refractivity contribution in [3.05, 3.63) is 0 Å². The third kappa shape index (κ3) is 42.1. The van der Waals surface area contributed by atoms with Gasteiger partial charge in [0.2, 0.25) is 5.91 Å². The number of nitrogens with zero attached hydrogens (tertiary/aromatic N) is 1. The number of ketones is 7. The van der Waals surface area contributed by atoms with Crippen LogP contribution in [0.2, 0.25) is 0 Å². The van der Waals surface area contributed by atoms with Gasteiger partial charge in [-0.3, -0.25) is 42.9 Å². The fourth-order valence-corrected chi connectivity index (χ4v) is 15.6. The van der Waals surface area contributed by atoms with Crippen molar-refractivity contribution < 1.29 is 145 Å². The van der Waals surface area contributed by atoms with Crippen molar-refractivity contribution >= 4 is 54.2 Å². The molecule has 4 heterocycles. The summed E-state index contributed by atoms with van der Waals surface area (Å²) in [6.07, 6.45) is 8.12. The van der Waals surface area contributed by atoms with E-state index < -0.39 is 125 Å². The number of amides is 1. The Balaban J connectivity index is 1.28. The SMILES string of the molecule is COP(=O)([O-])OC[C@@H]1C[C@@H](C)CN1C(=O)CCCCCCCCCCC(=O)CC(COCCC(=O)CCCCCC(=O)CCCCOC1OC(CO)C(O)C(O)C1C)(COCCC(=O)CCCCCC(=O)CCCCOC1OC(CO)C(O)C(O)C1C)COCCC(=O)CCCCCC(=O)CCCCOC1OC(CO)C(O)C(O)C1C. The van der Waals surface area contributed by atoms with Crippen LogP contribution < -0.4 is 4.89 Å². The third-order valence-corrected chi connectivity index (χ3v) is 23.7. The Hall–Kier alpha value is -3.45. The molecule has 32 heteroatoms. The van der Waals surface area contributed by atoms with Gasteiger partial charge in [-0.05, 0) is 102 Å². The van der Waals surface area contributed by atoms with Crippen molar-refractivity contribution in [1.82, 2.24) is 4.90 Å². The number of phosphoric ester groups is 1. The van der Waals surface area contributed by atoms with E-state index in [9.17, 15) is 93.8 Å². The molecule has 31 nitrogen and oxygen atoms in total. The molecule has 0 saturated carbocycles. The van der Waals surface area contributed by atoms with Crippen molar-refractivity contribution in [2.45, 2.75) is 358 Å². The second-order valence-electron chi connectivity index (χ2n) is 33.0. The first-order valence-corrected chi connectivity index (χ1v) is 44.9. The predicted octanol–water partition coefficient (Wildman–Crippen LogP) is 7.47. The highest BCUT2D eigenvalue weighted by atomic mass is 31.2. The average molecular weight is 1680 g/mol. The molecule has 4 aliphatic rings. The molecule has 18 atom stereocenters. The van der Waals surface area contributed by atoms with Crippen molar-refractivity contribution in [3.63, 3.8) is 0 Å². The lowest BCUT2D eigenvalue weighted by Gasteiger charge is -2.40. The first-order chi connectivity index (χ1) is 55.6. The molecule has 674 valence electrons. The molecule has 1 amide bonds. The lowest BCUT2D eigenvalue weighted by Crippen LogP contribution is -2.55. The van der Waals surface area contributed by atoms with Gasteiger partial charge < -0.3 is 107 Å². The van der Waals surface area contributed by atoms with Crippen molar-refractivity contribution in [3.8, 4) is 0 Å². The van der Waals surface area contributed by atoms with E-state index in [0.29, 0.717) is 167 Å². The monoisotopic (exact) mass is 1680 g/mol. The molecule has 0 aromatic rings. The molecule has 0 radical (unpaired) electrons. The fraction of sp³-hybridized carbons (Fsp3) is 0.905. The maximum atomic E-state index is 14.2. The Morgan fingerprint density at radius 2 is 0.664 bits per heavy atom. The minimum atomic E-state index is -4.42. The molecule has 4 rings (SSSR count). The number of carbonyl (C=O) groups excluding carboxylic acids is 8. The van der Waals surface area contributed by atoms with Gasteiger partial charge in [-0.2, -0.15) is 0 Å². The second-order valence-corrected chi connectivity index (χ2v) is 34.5. The van der Waals surface area contributed by atoms with E-state index in [0.717, 1.165) is 45.6 Å². The van der Waals surface area contributed by atoms with E-state index >= 15 is 0 Å². The van der Waals surface area contributed by atoms with Crippen LogP contribution in [0.4, 0.5) is 0 Å². The summed E-state index contributed by atoms with van der Waals surface area (Å²) in [5.74, 6) is -1.18. The van der Waals surface area contributed by atoms with Gasteiger partial charge in [0.1, 0.15) is 77.1 Å². The number of carbonyl (C=O) groups is 8. The number of rotatable bonds is 71. The van der Waals surface area contributed by atoms with Gasteiger partial charge in [0.15, 0.2) is 18.9 Å². The zero-order valence-electron chi connectivity index (χ0n) is 70.3. The van der Waals surface area contributed by atoms with Gasteiger partial charge in [0.05, 0.1) is 90.4 Å². The molecule has 0 aliphatic carbocycles. The molecular weight excluding hydrogens is 1530 g/mol. The molecule has 0 spiro atoms. The molecule has 4 aliphatic heterocycles. The Labute approximate surface area is 688 Å². The van der Waals surface area contributed by atoms with Gasteiger partial charge in [0.25, 0.3) is 7.82 Å². The quantitative estimate of drug-likeness (QED) is 0.0210. The highest BCUT2D eigenvalue weighted by Gasteiger charge is 2.45. The smallest absolute Gasteiger partial charge is 0.267 e. The number of likely N-dealkylation sites (tertiary alicyclic amines) is 1. The molecular formula is C84H147NO30P-. The third-order valence-electron chi connectivity index (χ3n) is 22.8. The van der Waals surface area contributed by atoms with Crippen LogP contribution in [0.15, 0.2) is 0 Å². The maximum Gasteiger partial charge on any atom is 0.267 e. The standard InChI is InChI=1S/C84H148NO30P/c1-59-49-63(55-112-116(103,104)105-5)85(51-59)74(96)39-22-11-9-7-6-8-10-15-38-70(95)50-84(56-106-46-40-67(92)32-19-12-16-29-64(89)35-23-26-43-109-81-60(2)75(97)78(100)71(52-86)113-81,57-107-47-41-68(93)33-20-13-17-30-65(90)36-24-27-44-110-82-61(3)76(98)79(101)72(53-87)114-82)58-108-48-42-69(94)34-21-14-18-31-66(91)37-25-28-45-111-83-62(4)77(99)80(102)73(54-88)115-83/h59-63,71-73,75-83,86-88,97-102H,6-58H2,1-5H3,(H,103,104)/p-1/t59-,60?,61?,62?,63+,71?,72?,73?,75?,76?,77?,78?,79?,80?,81?,82?,83?,84?/m1/s1. The summed E-state index contributed by atoms with van der Waals surface area (Å²) in [5, 5.41) is 89.8. The number of phosphoric acid groups is 1. The average Bonchev–Trinajstić information content (AvgIpc) is 1.41. The minimum absolute atomic E-state index is 0.00433. The highest BCUT2D eigenvalue weighted by Crippen LogP contribution is 2.39. The summed E-state index contributed by atoms with van der Waals surface area (Å²) in [7, 11) is -3.38. The summed E-state index contributed by atoms with van der Waals surface area (Å²) in [6.45, 7) is 6.96. The maximum absolute atomic E-state index is 14.2. The Morgan fingerprint density at radius 3 is 0.974 bits per heavy atom. The van der Waals surface area contributed by atoms with Gasteiger partial charge in [-0.1, -0.05) is 85.5 Å². The lowest BCUT2D eigenvalue weighted by molar-refractivity contribution is -0.282. The van der Waals surface area contributed by atoms with E-state index in [1.165, 1.54) is 0 Å². The second kappa shape index (κ2) is 60.1. The minimum Gasteiger partial charge on any atom is -0.756 e. The number of aliphatic hydroxyl groups is 9. The Bertz CT molecular complexity index is 2590. The van der Waals surface area contributed by atoms with Crippen LogP contribution in [-0.4, -0.2) is 277 Å². The Morgan fingerprint density at radius 1 is 0.388 bits per heavy atom. The number of ether oxygens (including phenoxy) is 9. The van der Waals surface area contributed by atoms with Crippen LogP contribution in [0.25, 0.3) is 0 Å². The Kier molecular flexibility index (Phi) is 54.4. The largest absolute Gasteiger partial charge is 0.756 e. The summed E-state index contributed by atoms with van der Waals surface area (Å²) in [5.41, 5.74) is -1.07. The number of hydrogen-bond donors (Lipinski definition) is 9. The van der Waals surface area contributed by atoms with Gasteiger partial charge in [0, 0.05) is 153 Å². The van der Waals surface area contributed by atoms with Crippen LogP contribution in [-0.2, 0) is 94.6 Å². The van der Waals surface area contributed by atoms with E-state index in [2.05, 4.69) is 4.52 Å². The van der Waals surface area contributed by atoms with E-state index in [4.69, 9.17) is 47.2 Å². The van der Waals surface area contributed by atoms with E-state index in [-0.39, 0.29) is 176 Å². The first kappa shape index (κ1) is 105. The summed E-state index contributed by atoms with van der Waals surface area (Å²) >= 11 is 0. The zero-order chi connectivity index (χ0) is 85.3. The molecule has 0 aromatic heterocycles. The molecule has 4 fully saturated rings. The summed E-state index contributed by atoms with van der Waals surface area (Å²) in [6, 6.07) is -0.333. The zero-order valence-corrected chi connectivity index (χ0v) is 71.2. The molecule has 9 N–H and O–H groups in total. The predicted molar refractivity (Wildman–Crippen MR) is 424 cm³/mol. The normalized spacial score (nSPS) is 26.7. The number of hydrogen-bond acceptors (Lipinski definition) is 30. The molecule has 0 bridgehead atoms.